The van der Waals surface area contributed by atoms with Crippen LogP contribution >= 0.6 is 0 Å². The van der Waals surface area contributed by atoms with Crippen LogP contribution < -0.4 is 15.7 Å². The smallest absolute Gasteiger partial charge is 0.422 e. The van der Waals surface area contributed by atoms with E-state index >= 15 is 0 Å². The van der Waals surface area contributed by atoms with Gasteiger partial charge in [-0.15, -0.1) is 0 Å². The molecule has 6 nitrogen and oxygen atoms in total. The molecular weight excluding hydrogens is 401 g/mol. The molecule has 2 aromatic heterocycles. The van der Waals surface area contributed by atoms with Crippen LogP contribution in [0.15, 0.2) is 51.8 Å². The SMILES string of the molecule is Cc1cc(=O)oc2cc(CC(=O)N[C@H](C)c3ccc(OCC(F)(F)F)cn3)ccc12. The van der Waals surface area contributed by atoms with Crippen molar-refractivity contribution in [1.82, 2.24) is 10.3 Å². The number of halogens is 3. The summed E-state index contributed by atoms with van der Waals surface area (Å²) in [6, 6.07) is 9.02. The Kier molecular flexibility index (Phi) is 6.09. The Hall–Kier alpha value is -3.36. The summed E-state index contributed by atoms with van der Waals surface area (Å²) in [4.78, 5) is 27.9. The van der Waals surface area contributed by atoms with Gasteiger partial charge in [-0.3, -0.25) is 9.78 Å². The van der Waals surface area contributed by atoms with Gasteiger partial charge in [0.25, 0.3) is 0 Å². The van der Waals surface area contributed by atoms with Crippen LogP contribution in [0, 0.1) is 6.92 Å². The summed E-state index contributed by atoms with van der Waals surface area (Å²) in [6.45, 7) is 2.12. The molecule has 1 amide bonds. The average molecular weight is 420 g/mol. The number of benzene rings is 1. The van der Waals surface area contributed by atoms with Gasteiger partial charge in [-0.05, 0) is 43.2 Å². The van der Waals surface area contributed by atoms with Gasteiger partial charge in [-0.25, -0.2) is 4.79 Å². The lowest BCUT2D eigenvalue weighted by Crippen LogP contribution is -2.28. The third-order valence-electron chi connectivity index (χ3n) is 4.36. The van der Waals surface area contributed by atoms with E-state index in [4.69, 9.17) is 4.42 Å². The number of hydrogen-bond acceptors (Lipinski definition) is 5. The van der Waals surface area contributed by atoms with Crippen molar-refractivity contribution in [3.05, 3.63) is 69.8 Å². The topological polar surface area (TPSA) is 81.4 Å². The standard InChI is InChI=1S/C21H19F3N2O4/c1-12-7-20(28)30-18-8-14(3-5-16(12)18)9-19(27)26-13(2)17-6-4-15(10-25-17)29-11-21(22,23)24/h3-8,10,13H,9,11H2,1-2H3,(H,26,27)/t13-/m1/s1. The van der Waals surface area contributed by atoms with E-state index in [9.17, 15) is 22.8 Å². The molecule has 0 unspecified atom stereocenters. The summed E-state index contributed by atoms with van der Waals surface area (Å²) in [7, 11) is 0. The van der Waals surface area contributed by atoms with E-state index in [1.165, 1.54) is 24.4 Å². The summed E-state index contributed by atoms with van der Waals surface area (Å²) in [5.41, 5.74) is 1.89. The second kappa shape index (κ2) is 8.56. The highest BCUT2D eigenvalue weighted by atomic mass is 19.4. The van der Waals surface area contributed by atoms with Gasteiger partial charge in [0.1, 0.15) is 11.3 Å². The van der Waals surface area contributed by atoms with Crippen LogP contribution in [0.3, 0.4) is 0 Å². The van der Waals surface area contributed by atoms with Gasteiger partial charge in [0, 0.05) is 11.5 Å². The number of fused-ring (bicyclic) bond motifs is 1. The largest absolute Gasteiger partial charge is 0.483 e. The maximum absolute atomic E-state index is 12.4. The molecule has 0 radical (unpaired) electrons. The third kappa shape index (κ3) is 5.59. The highest BCUT2D eigenvalue weighted by molar-refractivity contribution is 5.83. The van der Waals surface area contributed by atoms with E-state index < -0.39 is 24.5 Å². The van der Waals surface area contributed by atoms with Gasteiger partial charge in [0.2, 0.25) is 5.91 Å². The quantitative estimate of drug-likeness (QED) is 0.613. The number of aromatic nitrogens is 1. The number of rotatable bonds is 6. The number of aryl methyl sites for hydroxylation is 1. The van der Waals surface area contributed by atoms with Crippen LogP contribution in [0.1, 0.15) is 29.8 Å². The van der Waals surface area contributed by atoms with Gasteiger partial charge in [0.05, 0.1) is 24.4 Å². The molecule has 3 aromatic rings. The fraction of sp³-hybridized carbons (Fsp3) is 0.286. The van der Waals surface area contributed by atoms with Crippen LogP contribution in [-0.2, 0) is 11.2 Å². The van der Waals surface area contributed by atoms with Gasteiger partial charge in [-0.1, -0.05) is 12.1 Å². The fourth-order valence-corrected chi connectivity index (χ4v) is 2.93. The molecule has 0 aliphatic rings. The number of pyridine rings is 1. The average Bonchev–Trinajstić information content (AvgIpc) is 2.65. The number of carbonyl (C=O) groups is 1. The Labute approximate surface area is 169 Å². The molecule has 9 heteroatoms. The maximum Gasteiger partial charge on any atom is 0.422 e. The van der Waals surface area contributed by atoms with Crippen molar-refractivity contribution in [2.24, 2.45) is 0 Å². The zero-order valence-electron chi connectivity index (χ0n) is 16.2. The van der Waals surface area contributed by atoms with E-state index in [1.54, 1.807) is 32.0 Å². The number of alkyl halides is 3. The molecule has 2 heterocycles. The van der Waals surface area contributed by atoms with Crippen molar-refractivity contribution >= 4 is 16.9 Å². The molecule has 0 aliphatic carbocycles. The summed E-state index contributed by atoms with van der Waals surface area (Å²) in [5, 5.41) is 3.57. The zero-order chi connectivity index (χ0) is 21.9. The molecule has 1 aromatic carbocycles. The first-order valence-corrected chi connectivity index (χ1v) is 9.09. The molecule has 1 atom stereocenters. The first kappa shape index (κ1) is 21.4. The lowest BCUT2D eigenvalue weighted by molar-refractivity contribution is -0.153. The predicted molar refractivity (Wildman–Crippen MR) is 103 cm³/mol. The van der Waals surface area contributed by atoms with E-state index in [-0.39, 0.29) is 18.1 Å². The lowest BCUT2D eigenvalue weighted by atomic mass is 10.1. The summed E-state index contributed by atoms with van der Waals surface area (Å²) in [6.07, 6.45) is -3.19. The molecule has 0 bridgehead atoms. The maximum atomic E-state index is 12.4. The van der Waals surface area contributed by atoms with Crippen molar-refractivity contribution < 1.29 is 27.1 Å². The van der Waals surface area contributed by atoms with Crippen molar-refractivity contribution in [3.8, 4) is 5.75 Å². The Morgan fingerprint density at radius 2 is 2.00 bits per heavy atom. The Morgan fingerprint density at radius 3 is 2.67 bits per heavy atom. The normalized spacial score (nSPS) is 12.6. The number of nitrogens with zero attached hydrogens (tertiary/aromatic N) is 1. The molecular formula is C21H19F3N2O4. The number of carbonyl (C=O) groups excluding carboxylic acids is 1. The lowest BCUT2D eigenvalue weighted by Gasteiger charge is -2.14. The van der Waals surface area contributed by atoms with Gasteiger partial charge in [0.15, 0.2) is 6.61 Å². The molecule has 0 saturated heterocycles. The Balaban J connectivity index is 1.61. The van der Waals surface area contributed by atoms with E-state index in [0.717, 1.165) is 10.9 Å². The van der Waals surface area contributed by atoms with Crippen LogP contribution in [0.25, 0.3) is 11.0 Å². The molecule has 0 spiro atoms. The molecule has 0 aliphatic heterocycles. The number of ether oxygens (including phenoxy) is 1. The van der Waals surface area contributed by atoms with Crippen LogP contribution in [0.2, 0.25) is 0 Å². The van der Waals surface area contributed by atoms with Gasteiger partial charge < -0.3 is 14.5 Å². The number of amides is 1. The van der Waals surface area contributed by atoms with Gasteiger partial charge >= 0.3 is 11.8 Å². The Morgan fingerprint density at radius 1 is 1.23 bits per heavy atom. The van der Waals surface area contributed by atoms with Gasteiger partial charge in [-0.2, -0.15) is 13.2 Å². The highest BCUT2D eigenvalue weighted by Gasteiger charge is 2.28. The second-order valence-corrected chi connectivity index (χ2v) is 6.87. The molecule has 0 fully saturated rings. The number of hydrogen-bond donors (Lipinski definition) is 1. The van der Waals surface area contributed by atoms with Crippen molar-refractivity contribution in [1.29, 1.82) is 0 Å². The minimum absolute atomic E-state index is 0.0115. The van der Waals surface area contributed by atoms with Crippen LogP contribution in [0.5, 0.6) is 5.75 Å². The molecule has 0 saturated carbocycles. The second-order valence-electron chi connectivity index (χ2n) is 6.87. The predicted octanol–water partition coefficient (Wildman–Crippen LogP) is 3.86. The minimum Gasteiger partial charge on any atom is -0.483 e. The van der Waals surface area contributed by atoms with Crippen LogP contribution in [-0.4, -0.2) is 23.7 Å². The van der Waals surface area contributed by atoms with E-state index in [1.807, 2.05) is 0 Å². The van der Waals surface area contributed by atoms with E-state index in [0.29, 0.717) is 16.8 Å². The van der Waals surface area contributed by atoms with Crippen LogP contribution in [0.4, 0.5) is 13.2 Å². The summed E-state index contributed by atoms with van der Waals surface area (Å²) >= 11 is 0. The molecule has 1 N–H and O–H groups in total. The van der Waals surface area contributed by atoms with E-state index in [2.05, 4.69) is 15.0 Å². The molecule has 3 rings (SSSR count). The third-order valence-corrected chi connectivity index (χ3v) is 4.36. The Bertz CT molecular complexity index is 1110. The minimum atomic E-state index is -4.43. The first-order valence-electron chi connectivity index (χ1n) is 9.09. The fourth-order valence-electron chi connectivity index (χ4n) is 2.93. The van der Waals surface area contributed by atoms with Crippen molar-refractivity contribution in [2.75, 3.05) is 6.61 Å². The summed E-state index contributed by atoms with van der Waals surface area (Å²) < 4.78 is 46.3. The summed E-state index contributed by atoms with van der Waals surface area (Å²) in [5.74, 6) is -0.293. The van der Waals surface area contributed by atoms with Crippen molar-refractivity contribution in [3.63, 3.8) is 0 Å². The molecule has 158 valence electrons. The first-order chi connectivity index (χ1) is 14.1. The molecule has 30 heavy (non-hydrogen) atoms. The zero-order valence-corrected chi connectivity index (χ0v) is 16.2. The highest BCUT2D eigenvalue weighted by Crippen LogP contribution is 2.20. The number of nitrogens with one attached hydrogen (secondary N) is 1. The monoisotopic (exact) mass is 420 g/mol. The van der Waals surface area contributed by atoms with Crippen molar-refractivity contribution in [2.45, 2.75) is 32.5 Å².